The molecular weight excluding hydrogens is 577 g/mol. The van der Waals surface area contributed by atoms with Crippen LogP contribution in [0.4, 0.5) is 19.0 Å². The topological polar surface area (TPSA) is 116 Å². The van der Waals surface area contributed by atoms with E-state index in [9.17, 15) is 22.8 Å². The van der Waals surface area contributed by atoms with E-state index in [-0.39, 0.29) is 35.8 Å². The highest BCUT2D eigenvalue weighted by molar-refractivity contribution is 5.93. The van der Waals surface area contributed by atoms with Crippen molar-refractivity contribution >= 4 is 17.6 Å². The minimum absolute atomic E-state index is 0.000606. The molecule has 234 valence electrons. The lowest BCUT2D eigenvalue weighted by atomic mass is 10.0. The van der Waals surface area contributed by atoms with E-state index in [1.165, 1.54) is 17.7 Å². The monoisotopic (exact) mass is 612 g/mol. The standard InChI is InChI=1S/C17H16N2O3.C15H19F3N2O2/c1-10-9-21-14-4-2-11(8-13(10)14)22-15-6-7-18-17-12(15)3-5-16(20)19-17;1-9-6-20(7-10(2)22-9)8-12-4-3-11(14(19)21)5-13(12)15(16,17)18/h2,4,6-8,10H,3,5,9H2,1H3,(H,18,19,20);3-5,9-10H,6-8H2,1-2H3,(H2,19,21). The lowest BCUT2D eigenvalue weighted by Gasteiger charge is -2.35. The average molecular weight is 613 g/mol. The minimum Gasteiger partial charge on any atom is -0.493 e. The van der Waals surface area contributed by atoms with Crippen LogP contribution in [-0.2, 0) is 28.7 Å². The Morgan fingerprint density at radius 2 is 1.84 bits per heavy atom. The molecule has 0 bridgehead atoms. The number of nitrogens with zero attached hydrogens (tertiary/aromatic N) is 2. The summed E-state index contributed by atoms with van der Waals surface area (Å²) in [5.74, 6) is 2.57. The van der Waals surface area contributed by atoms with Gasteiger partial charge in [-0.05, 0) is 62.2 Å². The van der Waals surface area contributed by atoms with Gasteiger partial charge in [0.1, 0.15) is 23.1 Å². The Morgan fingerprint density at radius 3 is 2.55 bits per heavy atom. The Balaban J connectivity index is 0.000000175. The quantitative estimate of drug-likeness (QED) is 0.382. The van der Waals surface area contributed by atoms with E-state index in [1.54, 1.807) is 6.20 Å². The van der Waals surface area contributed by atoms with Crippen molar-refractivity contribution in [3.63, 3.8) is 0 Å². The van der Waals surface area contributed by atoms with Crippen LogP contribution in [-0.4, -0.2) is 53.6 Å². The van der Waals surface area contributed by atoms with Crippen molar-refractivity contribution in [2.24, 2.45) is 5.73 Å². The summed E-state index contributed by atoms with van der Waals surface area (Å²) >= 11 is 0. The molecule has 12 heteroatoms. The predicted molar refractivity (Wildman–Crippen MR) is 157 cm³/mol. The first-order chi connectivity index (χ1) is 20.9. The van der Waals surface area contributed by atoms with Crippen LogP contribution in [0.1, 0.15) is 65.7 Å². The largest absolute Gasteiger partial charge is 0.493 e. The lowest BCUT2D eigenvalue weighted by molar-refractivity contribution is -0.138. The molecule has 9 nitrogen and oxygen atoms in total. The number of halogens is 3. The van der Waals surface area contributed by atoms with Gasteiger partial charge in [0.2, 0.25) is 11.8 Å². The molecule has 0 aliphatic carbocycles. The number of fused-ring (bicyclic) bond motifs is 2. The van der Waals surface area contributed by atoms with Crippen molar-refractivity contribution in [1.82, 2.24) is 9.88 Å². The number of carbonyl (C=O) groups excluding carboxylic acids is 2. The van der Waals surface area contributed by atoms with Crippen LogP contribution < -0.4 is 20.5 Å². The van der Waals surface area contributed by atoms with Gasteiger partial charge in [0.05, 0.1) is 24.4 Å². The molecule has 3 aromatic rings. The maximum absolute atomic E-state index is 13.2. The van der Waals surface area contributed by atoms with Crippen LogP contribution in [0.5, 0.6) is 17.2 Å². The number of ether oxygens (including phenoxy) is 3. The van der Waals surface area contributed by atoms with Gasteiger partial charge < -0.3 is 25.3 Å². The van der Waals surface area contributed by atoms with E-state index in [1.807, 2.05) is 43.0 Å². The van der Waals surface area contributed by atoms with Crippen molar-refractivity contribution in [2.75, 3.05) is 25.0 Å². The number of alkyl halides is 3. The molecule has 1 fully saturated rings. The van der Waals surface area contributed by atoms with Gasteiger partial charge in [-0.15, -0.1) is 0 Å². The van der Waals surface area contributed by atoms with Gasteiger partial charge in [-0.2, -0.15) is 13.2 Å². The maximum Gasteiger partial charge on any atom is 0.416 e. The number of primary amides is 1. The maximum atomic E-state index is 13.2. The molecule has 0 spiro atoms. The van der Waals surface area contributed by atoms with Gasteiger partial charge in [-0.3, -0.25) is 14.5 Å². The fourth-order valence-corrected chi connectivity index (χ4v) is 5.68. The number of morpholine rings is 1. The zero-order valence-corrected chi connectivity index (χ0v) is 24.7. The molecule has 3 unspecified atom stereocenters. The SMILES string of the molecule is CC1CN(Cc2ccc(C(N)=O)cc2C(F)(F)F)CC(C)O1.CC1COc2ccc(Oc3ccnc4c3CCC(=O)N4)cc21. The molecule has 3 atom stereocenters. The van der Waals surface area contributed by atoms with E-state index in [2.05, 4.69) is 17.2 Å². The second kappa shape index (κ2) is 12.8. The number of nitrogens with two attached hydrogens (primary N) is 1. The number of aromatic nitrogens is 1. The molecule has 6 rings (SSSR count). The summed E-state index contributed by atoms with van der Waals surface area (Å²) in [6.07, 6.45) is -1.81. The van der Waals surface area contributed by atoms with E-state index >= 15 is 0 Å². The zero-order chi connectivity index (χ0) is 31.6. The zero-order valence-electron chi connectivity index (χ0n) is 24.7. The molecule has 3 aliphatic rings. The van der Waals surface area contributed by atoms with Gasteiger partial charge in [-0.1, -0.05) is 13.0 Å². The number of rotatable bonds is 5. The van der Waals surface area contributed by atoms with Crippen molar-refractivity contribution in [2.45, 2.75) is 64.5 Å². The first kappa shape index (κ1) is 31.3. The van der Waals surface area contributed by atoms with Crippen molar-refractivity contribution < 1.29 is 37.0 Å². The average Bonchev–Trinajstić information content (AvgIpc) is 3.32. The van der Waals surface area contributed by atoms with Crippen LogP contribution in [0.25, 0.3) is 0 Å². The Morgan fingerprint density at radius 1 is 1.09 bits per heavy atom. The second-order valence-corrected chi connectivity index (χ2v) is 11.4. The highest BCUT2D eigenvalue weighted by Crippen LogP contribution is 2.39. The summed E-state index contributed by atoms with van der Waals surface area (Å²) in [6.45, 7) is 7.94. The summed E-state index contributed by atoms with van der Waals surface area (Å²) in [5.41, 5.74) is 6.38. The Hall–Kier alpha value is -4.16. The van der Waals surface area contributed by atoms with E-state index < -0.39 is 17.6 Å². The number of anilines is 1. The molecule has 3 N–H and O–H groups in total. The van der Waals surface area contributed by atoms with Crippen molar-refractivity contribution in [3.05, 3.63) is 76.5 Å². The van der Waals surface area contributed by atoms with Gasteiger partial charge in [0, 0.05) is 54.9 Å². The summed E-state index contributed by atoms with van der Waals surface area (Å²) in [4.78, 5) is 28.7. The number of carbonyl (C=O) groups is 2. The molecule has 3 aliphatic heterocycles. The van der Waals surface area contributed by atoms with Crippen LogP contribution in [0.15, 0.2) is 48.7 Å². The Labute approximate surface area is 253 Å². The highest BCUT2D eigenvalue weighted by atomic mass is 19.4. The fraction of sp³-hybridized carbons (Fsp3) is 0.406. The van der Waals surface area contributed by atoms with E-state index in [0.29, 0.717) is 37.7 Å². The van der Waals surface area contributed by atoms with Crippen LogP contribution in [0.2, 0.25) is 0 Å². The van der Waals surface area contributed by atoms with Gasteiger partial charge in [0.15, 0.2) is 0 Å². The Kier molecular flexibility index (Phi) is 9.12. The molecule has 4 heterocycles. The first-order valence-electron chi connectivity index (χ1n) is 14.5. The van der Waals surface area contributed by atoms with Crippen molar-refractivity contribution in [3.8, 4) is 17.2 Å². The molecule has 0 radical (unpaired) electrons. The van der Waals surface area contributed by atoms with Gasteiger partial charge in [0.25, 0.3) is 0 Å². The molecule has 2 amide bonds. The minimum atomic E-state index is -4.52. The number of amides is 2. The van der Waals surface area contributed by atoms with Crippen LogP contribution >= 0.6 is 0 Å². The number of benzene rings is 2. The Bertz CT molecular complexity index is 1540. The smallest absolute Gasteiger partial charge is 0.416 e. The normalized spacial score (nSPS) is 21.2. The molecule has 44 heavy (non-hydrogen) atoms. The molecule has 2 aromatic carbocycles. The third-order valence-corrected chi connectivity index (χ3v) is 7.69. The lowest BCUT2D eigenvalue weighted by Crippen LogP contribution is -2.45. The summed E-state index contributed by atoms with van der Waals surface area (Å²) in [6, 6.07) is 11.2. The van der Waals surface area contributed by atoms with Gasteiger partial charge >= 0.3 is 6.18 Å². The highest BCUT2D eigenvalue weighted by Gasteiger charge is 2.35. The fourth-order valence-electron chi connectivity index (χ4n) is 5.68. The van der Waals surface area contributed by atoms with E-state index in [4.69, 9.17) is 19.9 Å². The number of hydrogen-bond donors (Lipinski definition) is 2. The molecule has 0 saturated carbocycles. The third-order valence-electron chi connectivity index (χ3n) is 7.69. The molecular formula is C32H35F3N4O5. The first-order valence-corrected chi connectivity index (χ1v) is 14.5. The molecule has 1 aromatic heterocycles. The van der Waals surface area contributed by atoms with Crippen LogP contribution in [0.3, 0.4) is 0 Å². The van der Waals surface area contributed by atoms with Crippen molar-refractivity contribution in [1.29, 1.82) is 0 Å². The molecule has 1 saturated heterocycles. The summed E-state index contributed by atoms with van der Waals surface area (Å²) < 4.78 is 56.8. The summed E-state index contributed by atoms with van der Waals surface area (Å²) in [5, 5.41) is 2.78. The second-order valence-electron chi connectivity index (χ2n) is 11.4. The predicted octanol–water partition coefficient (Wildman–Crippen LogP) is 5.67. The van der Waals surface area contributed by atoms with Crippen LogP contribution in [0, 0.1) is 0 Å². The number of hydrogen-bond acceptors (Lipinski definition) is 7. The number of pyridine rings is 1. The van der Waals surface area contributed by atoms with E-state index in [0.717, 1.165) is 35.5 Å². The summed E-state index contributed by atoms with van der Waals surface area (Å²) in [7, 11) is 0. The van der Waals surface area contributed by atoms with Gasteiger partial charge in [-0.25, -0.2) is 4.98 Å². The number of nitrogens with one attached hydrogen (secondary N) is 1. The third kappa shape index (κ3) is 7.31.